The van der Waals surface area contributed by atoms with Gasteiger partial charge in [-0.1, -0.05) is 18.2 Å². The average Bonchev–Trinajstić information content (AvgIpc) is 2.47. The van der Waals surface area contributed by atoms with Crippen molar-refractivity contribution < 1.29 is 4.92 Å². The maximum Gasteiger partial charge on any atom is 0.270 e. The molecule has 0 spiro atoms. The van der Waals surface area contributed by atoms with Crippen molar-refractivity contribution in [3.63, 3.8) is 0 Å². The van der Waals surface area contributed by atoms with Crippen molar-refractivity contribution in [3.05, 3.63) is 64.8 Å². The fourth-order valence-corrected chi connectivity index (χ4v) is 1.85. The van der Waals surface area contributed by atoms with Gasteiger partial charge in [0.1, 0.15) is 0 Å². The van der Waals surface area contributed by atoms with Crippen LogP contribution in [0.2, 0.25) is 0 Å². The molecule has 0 saturated heterocycles. The first-order chi connectivity index (χ1) is 9.72. The molecule has 6 nitrogen and oxygen atoms in total. The lowest BCUT2D eigenvalue weighted by Gasteiger charge is -2.05. The lowest BCUT2D eigenvalue weighted by molar-refractivity contribution is -0.384. The zero-order valence-corrected chi connectivity index (χ0v) is 10.4. The third-order valence-electron chi connectivity index (χ3n) is 2.80. The number of nitrogens with one attached hydrogen (secondary N) is 1. The van der Waals surface area contributed by atoms with E-state index in [0.717, 1.165) is 5.69 Å². The number of anilines is 2. The highest BCUT2D eigenvalue weighted by atomic mass is 16.6. The van der Waals surface area contributed by atoms with E-state index in [0.29, 0.717) is 16.9 Å². The van der Waals surface area contributed by atoms with Gasteiger partial charge < -0.3 is 5.32 Å². The molecule has 0 saturated carbocycles. The molecule has 0 aliphatic heterocycles. The first-order valence-electron chi connectivity index (χ1n) is 5.96. The van der Waals surface area contributed by atoms with E-state index in [1.54, 1.807) is 12.3 Å². The van der Waals surface area contributed by atoms with Crippen LogP contribution in [0, 0.1) is 10.1 Å². The summed E-state index contributed by atoms with van der Waals surface area (Å²) in [4.78, 5) is 18.8. The summed E-state index contributed by atoms with van der Waals surface area (Å²) in [6, 6.07) is 14.1. The Kier molecular flexibility index (Phi) is 2.96. The molecule has 3 rings (SSSR count). The lowest BCUT2D eigenvalue weighted by Crippen LogP contribution is -1.97. The summed E-state index contributed by atoms with van der Waals surface area (Å²) in [7, 11) is 0. The van der Waals surface area contributed by atoms with Crippen LogP contribution in [-0.2, 0) is 0 Å². The Balaban J connectivity index is 1.95. The smallest absolute Gasteiger partial charge is 0.270 e. The minimum absolute atomic E-state index is 0.0323. The van der Waals surface area contributed by atoms with Gasteiger partial charge in [-0.05, 0) is 18.2 Å². The second-order valence-corrected chi connectivity index (χ2v) is 4.18. The molecule has 1 N–H and O–H groups in total. The number of benzene rings is 2. The van der Waals surface area contributed by atoms with Gasteiger partial charge in [-0.2, -0.15) is 0 Å². The van der Waals surface area contributed by atoms with E-state index in [-0.39, 0.29) is 5.69 Å². The highest BCUT2D eigenvalue weighted by molar-refractivity contribution is 5.81. The van der Waals surface area contributed by atoms with Crippen LogP contribution in [0.25, 0.3) is 10.9 Å². The molecule has 0 unspecified atom stereocenters. The summed E-state index contributed by atoms with van der Waals surface area (Å²) in [6.07, 6.45) is 1.57. The highest BCUT2D eigenvalue weighted by Gasteiger charge is 2.07. The number of non-ortho nitro benzene ring substituents is 1. The molecule has 2 aromatic carbocycles. The van der Waals surface area contributed by atoms with E-state index >= 15 is 0 Å². The molecular formula is C14H10N4O2. The van der Waals surface area contributed by atoms with E-state index in [4.69, 9.17) is 0 Å². The van der Waals surface area contributed by atoms with Crippen LogP contribution in [0.5, 0.6) is 0 Å². The summed E-state index contributed by atoms with van der Waals surface area (Å²) < 4.78 is 0. The molecule has 0 radical (unpaired) electrons. The van der Waals surface area contributed by atoms with Crippen LogP contribution >= 0.6 is 0 Å². The molecule has 98 valence electrons. The van der Waals surface area contributed by atoms with Gasteiger partial charge in [0.15, 0.2) is 0 Å². The quantitative estimate of drug-likeness (QED) is 0.581. The van der Waals surface area contributed by atoms with Crippen molar-refractivity contribution in [1.29, 1.82) is 0 Å². The van der Waals surface area contributed by atoms with Crippen LogP contribution < -0.4 is 5.32 Å². The fourth-order valence-electron chi connectivity index (χ4n) is 1.85. The number of aromatic nitrogens is 2. The lowest BCUT2D eigenvalue weighted by atomic mass is 10.2. The largest absolute Gasteiger partial charge is 0.324 e. The Labute approximate surface area is 114 Å². The van der Waals surface area contributed by atoms with Gasteiger partial charge in [0.25, 0.3) is 5.69 Å². The molecule has 1 heterocycles. The zero-order chi connectivity index (χ0) is 13.9. The minimum atomic E-state index is -0.435. The maximum atomic E-state index is 10.7. The molecule has 0 amide bonds. The SMILES string of the molecule is O=[N+]([O-])c1ccc2nc(Nc3ccccc3)ncc2c1. The molecule has 0 atom stereocenters. The van der Waals surface area contributed by atoms with E-state index in [1.807, 2.05) is 30.3 Å². The van der Waals surface area contributed by atoms with Crippen LogP contribution in [-0.4, -0.2) is 14.9 Å². The second-order valence-electron chi connectivity index (χ2n) is 4.18. The van der Waals surface area contributed by atoms with Gasteiger partial charge in [-0.3, -0.25) is 10.1 Å². The monoisotopic (exact) mass is 266 g/mol. The molecule has 0 aliphatic carbocycles. The Bertz CT molecular complexity index is 774. The molecule has 0 aliphatic rings. The zero-order valence-electron chi connectivity index (χ0n) is 10.4. The Morgan fingerprint density at radius 2 is 1.90 bits per heavy atom. The minimum Gasteiger partial charge on any atom is -0.324 e. The predicted octanol–water partition coefficient (Wildman–Crippen LogP) is 3.28. The molecule has 6 heteroatoms. The van der Waals surface area contributed by atoms with Crippen molar-refractivity contribution in [2.75, 3.05) is 5.32 Å². The molecule has 0 bridgehead atoms. The van der Waals surface area contributed by atoms with Gasteiger partial charge >= 0.3 is 0 Å². The Hall–Kier alpha value is -3.02. The van der Waals surface area contributed by atoms with Crippen molar-refractivity contribution in [2.24, 2.45) is 0 Å². The molecule has 0 fully saturated rings. The number of nitro benzene ring substituents is 1. The number of rotatable bonds is 3. The number of hydrogen-bond acceptors (Lipinski definition) is 5. The number of nitrogens with zero attached hydrogens (tertiary/aromatic N) is 3. The van der Waals surface area contributed by atoms with Gasteiger partial charge in [0, 0.05) is 29.4 Å². The summed E-state index contributed by atoms with van der Waals surface area (Å²) >= 11 is 0. The molecule has 1 aromatic heterocycles. The molecule has 20 heavy (non-hydrogen) atoms. The first-order valence-corrected chi connectivity index (χ1v) is 5.96. The van der Waals surface area contributed by atoms with Crippen LogP contribution in [0.1, 0.15) is 0 Å². The van der Waals surface area contributed by atoms with Crippen molar-refractivity contribution in [1.82, 2.24) is 9.97 Å². The van der Waals surface area contributed by atoms with Crippen molar-refractivity contribution in [3.8, 4) is 0 Å². The van der Waals surface area contributed by atoms with Crippen molar-refractivity contribution >= 4 is 28.2 Å². The van der Waals surface area contributed by atoms with E-state index in [2.05, 4.69) is 15.3 Å². The second kappa shape index (κ2) is 4.93. The highest BCUT2D eigenvalue weighted by Crippen LogP contribution is 2.20. The maximum absolute atomic E-state index is 10.7. The third kappa shape index (κ3) is 2.39. The van der Waals surface area contributed by atoms with E-state index in [9.17, 15) is 10.1 Å². The first kappa shape index (κ1) is 12.0. The molecule has 3 aromatic rings. The number of para-hydroxylation sites is 1. The average molecular weight is 266 g/mol. The standard InChI is InChI=1S/C14H10N4O2/c19-18(20)12-6-7-13-10(8-12)9-15-14(17-13)16-11-4-2-1-3-5-11/h1-9H,(H,15,16,17). The molecular weight excluding hydrogens is 256 g/mol. The van der Waals surface area contributed by atoms with E-state index in [1.165, 1.54) is 12.1 Å². The van der Waals surface area contributed by atoms with Crippen LogP contribution in [0.4, 0.5) is 17.3 Å². The Morgan fingerprint density at radius 1 is 1.10 bits per heavy atom. The van der Waals surface area contributed by atoms with E-state index < -0.39 is 4.92 Å². The summed E-state index contributed by atoms with van der Waals surface area (Å²) in [5.41, 5.74) is 1.57. The van der Waals surface area contributed by atoms with Crippen LogP contribution in [0.3, 0.4) is 0 Å². The predicted molar refractivity (Wildman–Crippen MR) is 75.9 cm³/mol. The topological polar surface area (TPSA) is 81.0 Å². The third-order valence-corrected chi connectivity index (χ3v) is 2.80. The van der Waals surface area contributed by atoms with Gasteiger partial charge in [0.2, 0.25) is 5.95 Å². The van der Waals surface area contributed by atoms with Crippen LogP contribution in [0.15, 0.2) is 54.7 Å². The van der Waals surface area contributed by atoms with Gasteiger partial charge in [0.05, 0.1) is 10.4 Å². The summed E-state index contributed by atoms with van der Waals surface area (Å²) in [6.45, 7) is 0. The summed E-state index contributed by atoms with van der Waals surface area (Å²) in [5, 5.41) is 14.4. The van der Waals surface area contributed by atoms with Gasteiger partial charge in [-0.25, -0.2) is 9.97 Å². The summed E-state index contributed by atoms with van der Waals surface area (Å²) in [5.74, 6) is 0.456. The normalized spacial score (nSPS) is 10.4. The van der Waals surface area contributed by atoms with Gasteiger partial charge in [-0.15, -0.1) is 0 Å². The number of nitro groups is 1. The number of fused-ring (bicyclic) bond motifs is 1. The number of hydrogen-bond donors (Lipinski definition) is 1. The fraction of sp³-hybridized carbons (Fsp3) is 0. The van der Waals surface area contributed by atoms with Crippen molar-refractivity contribution in [2.45, 2.75) is 0 Å². The Morgan fingerprint density at radius 3 is 2.65 bits per heavy atom.